The zero-order valence-corrected chi connectivity index (χ0v) is 14.3. The van der Waals surface area contributed by atoms with Gasteiger partial charge in [0.2, 0.25) is 17.8 Å². The van der Waals surface area contributed by atoms with Gasteiger partial charge in [-0.25, -0.2) is 4.68 Å². The van der Waals surface area contributed by atoms with Gasteiger partial charge in [0, 0.05) is 16.3 Å². The minimum Gasteiger partial charge on any atom is -0.324 e. The van der Waals surface area contributed by atoms with E-state index in [1.165, 1.54) is 4.68 Å². The molecule has 0 fully saturated rings. The van der Waals surface area contributed by atoms with Crippen LogP contribution in [0.25, 0.3) is 11.4 Å². The molecule has 0 spiro atoms. The molecule has 0 saturated carbocycles. The van der Waals surface area contributed by atoms with E-state index in [0.29, 0.717) is 16.5 Å². The van der Waals surface area contributed by atoms with Crippen molar-refractivity contribution in [1.82, 2.24) is 14.8 Å². The molecule has 2 aromatic carbocycles. The fraction of sp³-hybridized carbons (Fsp3) is 0.111. The van der Waals surface area contributed by atoms with Crippen molar-refractivity contribution in [3.05, 3.63) is 59.6 Å². The molecule has 2 heterocycles. The molecule has 1 aliphatic rings. The van der Waals surface area contributed by atoms with Crippen molar-refractivity contribution in [3.8, 4) is 11.4 Å². The summed E-state index contributed by atoms with van der Waals surface area (Å²) in [6.45, 7) is 0. The number of benzene rings is 2. The maximum atomic E-state index is 12.7. The predicted molar refractivity (Wildman–Crippen MR) is 97.8 cm³/mol. The average Bonchev–Trinajstić information content (AvgIpc) is 3.05. The summed E-state index contributed by atoms with van der Waals surface area (Å²) >= 11 is 5.95. The van der Waals surface area contributed by atoms with E-state index in [9.17, 15) is 9.59 Å². The summed E-state index contributed by atoms with van der Waals surface area (Å²) in [5, 5.41) is 10.4. The summed E-state index contributed by atoms with van der Waals surface area (Å²) in [6.07, 6.45) is -0.0169. The molecule has 26 heavy (non-hydrogen) atoms. The summed E-state index contributed by atoms with van der Waals surface area (Å²) in [5.74, 6) is 0.0679. The number of nitrogens with one attached hydrogen (secondary N) is 2. The minimum atomic E-state index is -0.789. The molecule has 0 bridgehead atoms. The second-order valence-electron chi connectivity index (χ2n) is 5.84. The summed E-state index contributed by atoms with van der Waals surface area (Å²) < 4.78 is 1.45. The normalized spacial score (nSPS) is 15.9. The van der Waals surface area contributed by atoms with Crippen LogP contribution in [0.4, 0.5) is 11.6 Å². The van der Waals surface area contributed by atoms with Crippen molar-refractivity contribution < 1.29 is 9.59 Å². The predicted octanol–water partition coefficient (Wildman–Crippen LogP) is 3.12. The Morgan fingerprint density at radius 3 is 2.77 bits per heavy atom. The number of hydrogen-bond acceptors (Lipinski definition) is 4. The van der Waals surface area contributed by atoms with Gasteiger partial charge in [-0.05, 0) is 18.2 Å². The lowest BCUT2D eigenvalue weighted by Gasteiger charge is -2.22. The second kappa shape index (κ2) is 6.61. The van der Waals surface area contributed by atoms with Crippen LogP contribution in [0.3, 0.4) is 0 Å². The first-order valence-corrected chi connectivity index (χ1v) is 8.36. The van der Waals surface area contributed by atoms with E-state index >= 15 is 0 Å². The molecule has 0 unspecified atom stereocenters. The number of rotatable bonds is 3. The van der Waals surface area contributed by atoms with Crippen LogP contribution < -0.4 is 10.6 Å². The Kier molecular flexibility index (Phi) is 4.14. The van der Waals surface area contributed by atoms with E-state index in [4.69, 9.17) is 11.6 Å². The van der Waals surface area contributed by atoms with Crippen LogP contribution in [0.1, 0.15) is 12.5 Å². The van der Waals surface area contributed by atoms with Gasteiger partial charge >= 0.3 is 0 Å². The number of aromatic nitrogens is 3. The molecule has 1 atom stereocenters. The Bertz CT molecular complexity index is 986. The van der Waals surface area contributed by atoms with Gasteiger partial charge in [0.15, 0.2) is 5.82 Å². The number of halogens is 1. The lowest BCUT2D eigenvalue weighted by Crippen LogP contribution is -2.36. The molecular weight excluding hydrogens is 354 g/mol. The van der Waals surface area contributed by atoms with E-state index in [-0.39, 0.29) is 24.2 Å². The SMILES string of the molecule is O=C1C[C@@H](C(=O)Nc2cccc(Cl)c2)n2nc(-c3ccccc3)nc2N1. The summed E-state index contributed by atoms with van der Waals surface area (Å²) in [6, 6.07) is 15.4. The Morgan fingerprint density at radius 1 is 1.19 bits per heavy atom. The van der Waals surface area contributed by atoms with E-state index in [1.54, 1.807) is 24.3 Å². The quantitative estimate of drug-likeness (QED) is 0.744. The van der Waals surface area contributed by atoms with Crippen LogP contribution in [0.5, 0.6) is 0 Å². The molecule has 130 valence electrons. The Morgan fingerprint density at radius 2 is 2.00 bits per heavy atom. The zero-order chi connectivity index (χ0) is 18.1. The first kappa shape index (κ1) is 16.3. The maximum Gasteiger partial charge on any atom is 0.249 e. The highest BCUT2D eigenvalue weighted by atomic mass is 35.5. The molecule has 2 N–H and O–H groups in total. The molecule has 1 aliphatic heterocycles. The number of anilines is 2. The lowest BCUT2D eigenvalue weighted by molar-refractivity contribution is -0.125. The number of carbonyl (C=O) groups is 2. The van der Waals surface area contributed by atoms with Crippen LogP contribution >= 0.6 is 11.6 Å². The van der Waals surface area contributed by atoms with Crippen LogP contribution in [-0.2, 0) is 9.59 Å². The van der Waals surface area contributed by atoms with E-state index in [0.717, 1.165) is 5.56 Å². The first-order valence-electron chi connectivity index (χ1n) is 7.98. The van der Waals surface area contributed by atoms with Crippen LogP contribution in [0, 0.1) is 0 Å². The van der Waals surface area contributed by atoms with E-state index < -0.39 is 6.04 Å². The molecule has 1 aromatic heterocycles. The molecule has 3 aromatic rings. The molecule has 8 heteroatoms. The standard InChI is InChI=1S/C18H14ClN5O2/c19-12-7-4-8-13(9-12)20-17(26)14-10-15(25)21-18-22-16(23-24(14)18)11-5-2-1-3-6-11/h1-9,14H,10H2,(H,20,26)(H,21,22,23,25)/t14-/m0/s1. The Labute approximate surface area is 154 Å². The molecular formula is C18H14ClN5O2. The van der Waals surface area contributed by atoms with Crippen molar-refractivity contribution >= 4 is 35.1 Å². The van der Waals surface area contributed by atoms with E-state index in [1.807, 2.05) is 30.3 Å². The third-order valence-corrected chi connectivity index (χ3v) is 4.22. The molecule has 0 saturated heterocycles. The van der Waals surface area contributed by atoms with Gasteiger partial charge in [-0.15, -0.1) is 5.10 Å². The highest BCUT2D eigenvalue weighted by Gasteiger charge is 2.33. The van der Waals surface area contributed by atoms with E-state index in [2.05, 4.69) is 20.7 Å². The number of fused-ring (bicyclic) bond motifs is 1. The lowest BCUT2D eigenvalue weighted by atomic mass is 10.1. The molecule has 2 amide bonds. The van der Waals surface area contributed by atoms with Crippen molar-refractivity contribution in [2.24, 2.45) is 0 Å². The average molecular weight is 368 g/mol. The van der Waals surface area contributed by atoms with Crippen molar-refractivity contribution in [2.45, 2.75) is 12.5 Å². The summed E-state index contributed by atoms with van der Waals surface area (Å²) in [5.41, 5.74) is 1.36. The molecule has 4 rings (SSSR count). The van der Waals surface area contributed by atoms with Crippen molar-refractivity contribution in [2.75, 3.05) is 10.6 Å². The smallest absolute Gasteiger partial charge is 0.249 e. The summed E-state index contributed by atoms with van der Waals surface area (Å²) in [7, 11) is 0. The minimum absolute atomic E-state index is 0.0169. The fourth-order valence-corrected chi connectivity index (χ4v) is 2.96. The summed E-state index contributed by atoms with van der Waals surface area (Å²) in [4.78, 5) is 29.1. The van der Waals surface area contributed by atoms with Gasteiger partial charge in [0.05, 0.1) is 6.42 Å². The van der Waals surface area contributed by atoms with Crippen LogP contribution in [0.2, 0.25) is 5.02 Å². The second-order valence-corrected chi connectivity index (χ2v) is 6.27. The zero-order valence-electron chi connectivity index (χ0n) is 13.5. The molecule has 0 radical (unpaired) electrons. The largest absolute Gasteiger partial charge is 0.324 e. The van der Waals surface area contributed by atoms with Crippen LogP contribution in [0.15, 0.2) is 54.6 Å². The van der Waals surface area contributed by atoms with Gasteiger partial charge in [-0.1, -0.05) is 48.0 Å². The third-order valence-electron chi connectivity index (χ3n) is 3.98. The number of nitrogens with zero attached hydrogens (tertiary/aromatic N) is 3. The van der Waals surface area contributed by atoms with Crippen molar-refractivity contribution in [3.63, 3.8) is 0 Å². The number of carbonyl (C=O) groups excluding carboxylic acids is 2. The highest BCUT2D eigenvalue weighted by Crippen LogP contribution is 2.27. The number of hydrogen-bond donors (Lipinski definition) is 2. The van der Waals surface area contributed by atoms with Crippen molar-refractivity contribution in [1.29, 1.82) is 0 Å². The Hall–Kier alpha value is -3.19. The topological polar surface area (TPSA) is 88.9 Å². The highest BCUT2D eigenvalue weighted by molar-refractivity contribution is 6.30. The Balaban J connectivity index is 1.65. The fourth-order valence-electron chi connectivity index (χ4n) is 2.77. The van der Waals surface area contributed by atoms with Gasteiger partial charge < -0.3 is 5.32 Å². The molecule has 0 aliphatic carbocycles. The molecule has 7 nitrogen and oxygen atoms in total. The monoisotopic (exact) mass is 367 g/mol. The maximum absolute atomic E-state index is 12.7. The van der Waals surface area contributed by atoms with Gasteiger partial charge in [-0.2, -0.15) is 4.98 Å². The van der Waals surface area contributed by atoms with Gasteiger partial charge in [0.1, 0.15) is 6.04 Å². The third kappa shape index (κ3) is 3.16. The first-order chi connectivity index (χ1) is 12.6. The van der Waals surface area contributed by atoms with Gasteiger partial charge in [0.25, 0.3) is 0 Å². The van der Waals surface area contributed by atoms with Crippen LogP contribution in [-0.4, -0.2) is 26.6 Å². The number of amides is 2. The van der Waals surface area contributed by atoms with Gasteiger partial charge in [-0.3, -0.25) is 14.9 Å².